The molecule has 2 amide bonds. The molecule has 1 aromatic carbocycles. The highest BCUT2D eigenvalue weighted by Crippen LogP contribution is 2.24. The van der Waals surface area contributed by atoms with Crippen LogP contribution in [0.1, 0.15) is 10.6 Å². The topological polar surface area (TPSA) is 100 Å². The number of para-hydroxylation sites is 1. The van der Waals surface area contributed by atoms with E-state index < -0.39 is 16.7 Å². The average molecular weight is 384 g/mol. The number of nitro groups is 1. The second kappa shape index (κ2) is 7.34. The molecular weight excluding hydrogens is 364 g/mol. The Hall–Kier alpha value is -3.36. The fraction of sp³-hybridized carbons (Fsp3) is 0.368. The van der Waals surface area contributed by atoms with Crippen LogP contribution >= 0.6 is 0 Å². The van der Waals surface area contributed by atoms with Gasteiger partial charge in [-0.05, 0) is 18.2 Å². The smallest absolute Gasteiger partial charge is 0.395 e. The zero-order valence-corrected chi connectivity index (χ0v) is 15.2. The van der Waals surface area contributed by atoms with Crippen LogP contribution in [-0.2, 0) is 4.79 Å². The minimum atomic E-state index is -0.686. The number of hydrogen-bond donors (Lipinski definition) is 0. The van der Waals surface area contributed by atoms with Crippen LogP contribution in [0.25, 0.3) is 0 Å². The van der Waals surface area contributed by atoms with Gasteiger partial charge in [-0.1, -0.05) is 18.2 Å². The monoisotopic (exact) mass is 384 g/mol. The van der Waals surface area contributed by atoms with Crippen LogP contribution in [0.5, 0.6) is 0 Å². The SMILES string of the molecule is O=C(c1ccc([N+](=O)[O-])o1)N1CC(C(=O)N2CCN(c3ccccc3)CC2)C1. The molecule has 0 spiro atoms. The van der Waals surface area contributed by atoms with Crippen molar-refractivity contribution in [2.45, 2.75) is 0 Å². The average Bonchev–Trinajstić information content (AvgIpc) is 3.18. The summed E-state index contributed by atoms with van der Waals surface area (Å²) in [4.78, 5) is 40.5. The molecular formula is C19H20N4O5. The van der Waals surface area contributed by atoms with Gasteiger partial charge in [0.05, 0.1) is 12.0 Å². The molecule has 4 rings (SSSR count). The molecule has 0 N–H and O–H groups in total. The Labute approximate surface area is 161 Å². The fourth-order valence-corrected chi connectivity index (χ4v) is 3.58. The predicted octanol–water partition coefficient (Wildman–Crippen LogP) is 1.61. The van der Waals surface area contributed by atoms with Crippen molar-refractivity contribution in [2.75, 3.05) is 44.2 Å². The zero-order valence-electron chi connectivity index (χ0n) is 15.2. The third-order valence-corrected chi connectivity index (χ3v) is 5.21. The van der Waals surface area contributed by atoms with Crippen LogP contribution in [0, 0.1) is 16.0 Å². The summed E-state index contributed by atoms with van der Waals surface area (Å²) < 4.78 is 4.94. The minimum Gasteiger partial charge on any atom is -0.395 e. The molecule has 0 saturated carbocycles. The Morgan fingerprint density at radius 2 is 1.64 bits per heavy atom. The number of benzene rings is 1. The van der Waals surface area contributed by atoms with E-state index in [1.165, 1.54) is 11.0 Å². The normalized spacial score (nSPS) is 17.4. The molecule has 0 atom stereocenters. The van der Waals surface area contributed by atoms with Crippen molar-refractivity contribution in [2.24, 2.45) is 5.92 Å². The van der Waals surface area contributed by atoms with E-state index in [0.29, 0.717) is 26.2 Å². The second-order valence-corrected chi connectivity index (χ2v) is 6.95. The lowest BCUT2D eigenvalue weighted by Crippen LogP contribution is -2.59. The van der Waals surface area contributed by atoms with Crippen molar-refractivity contribution < 1.29 is 18.9 Å². The number of piperazine rings is 1. The number of anilines is 1. The number of likely N-dealkylation sites (tertiary alicyclic amines) is 1. The molecule has 2 saturated heterocycles. The first-order chi connectivity index (χ1) is 13.5. The van der Waals surface area contributed by atoms with Crippen molar-refractivity contribution in [1.82, 2.24) is 9.80 Å². The molecule has 2 aliphatic rings. The highest BCUT2D eigenvalue weighted by molar-refractivity contribution is 5.94. The van der Waals surface area contributed by atoms with E-state index in [0.717, 1.165) is 24.8 Å². The third kappa shape index (κ3) is 3.42. The Morgan fingerprint density at radius 3 is 2.25 bits per heavy atom. The first kappa shape index (κ1) is 18.0. The molecule has 2 aromatic rings. The molecule has 2 fully saturated rings. The lowest BCUT2D eigenvalue weighted by molar-refractivity contribution is -0.402. The number of carbonyl (C=O) groups is 2. The van der Waals surface area contributed by atoms with Gasteiger partial charge in [0.2, 0.25) is 5.91 Å². The van der Waals surface area contributed by atoms with Crippen LogP contribution in [0.4, 0.5) is 11.6 Å². The molecule has 0 radical (unpaired) electrons. The third-order valence-electron chi connectivity index (χ3n) is 5.21. The van der Waals surface area contributed by atoms with Crippen LogP contribution in [0.3, 0.4) is 0 Å². The largest absolute Gasteiger partial charge is 0.433 e. The molecule has 28 heavy (non-hydrogen) atoms. The van der Waals surface area contributed by atoms with Gasteiger partial charge in [0.25, 0.3) is 5.91 Å². The highest BCUT2D eigenvalue weighted by atomic mass is 16.6. The number of furan rings is 1. The number of nitrogens with zero attached hydrogens (tertiary/aromatic N) is 4. The maximum absolute atomic E-state index is 12.7. The van der Waals surface area contributed by atoms with Gasteiger partial charge in [-0.2, -0.15) is 0 Å². The molecule has 0 bridgehead atoms. The number of amides is 2. The van der Waals surface area contributed by atoms with Gasteiger partial charge in [0.15, 0.2) is 5.76 Å². The van der Waals surface area contributed by atoms with Crippen LogP contribution in [0.15, 0.2) is 46.9 Å². The summed E-state index contributed by atoms with van der Waals surface area (Å²) in [6, 6.07) is 12.5. The number of rotatable bonds is 4. The van der Waals surface area contributed by atoms with Crippen molar-refractivity contribution >= 4 is 23.4 Å². The highest BCUT2D eigenvalue weighted by Gasteiger charge is 2.40. The summed E-state index contributed by atoms with van der Waals surface area (Å²) >= 11 is 0. The Kier molecular flexibility index (Phi) is 4.72. The quantitative estimate of drug-likeness (QED) is 0.586. The molecule has 1 aromatic heterocycles. The number of hydrogen-bond acceptors (Lipinski definition) is 6. The predicted molar refractivity (Wildman–Crippen MR) is 100.0 cm³/mol. The Morgan fingerprint density at radius 1 is 0.964 bits per heavy atom. The summed E-state index contributed by atoms with van der Waals surface area (Å²) in [7, 11) is 0. The van der Waals surface area contributed by atoms with Crippen molar-refractivity contribution in [3.8, 4) is 0 Å². The van der Waals surface area contributed by atoms with Crippen molar-refractivity contribution in [1.29, 1.82) is 0 Å². The minimum absolute atomic E-state index is 0.0576. The molecule has 0 aliphatic carbocycles. The van der Waals surface area contributed by atoms with Crippen LogP contribution in [0.2, 0.25) is 0 Å². The van der Waals surface area contributed by atoms with Gasteiger partial charge < -0.3 is 19.1 Å². The second-order valence-electron chi connectivity index (χ2n) is 6.95. The van der Waals surface area contributed by atoms with Gasteiger partial charge in [0, 0.05) is 45.0 Å². The molecule has 3 heterocycles. The van der Waals surface area contributed by atoms with Gasteiger partial charge in [-0.15, -0.1) is 0 Å². The maximum Gasteiger partial charge on any atom is 0.433 e. The van der Waals surface area contributed by atoms with Crippen molar-refractivity contribution in [3.05, 3.63) is 58.3 Å². The Bertz CT molecular complexity index is 883. The first-order valence-corrected chi connectivity index (χ1v) is 9.15. The first-order valence-electron chi connectivity index (χ1n) is 9.15. The van der Waals surface area contributed by atoms with E-state index in [9.17, 15) is 19.7 Å². The lowest BCUT2D eigenvalue weighted by Gasteiger charge is -2.42. The van der Waals surface area contributed by atoms with Crippen LogP contribution < -0.4 is 4.90 Å². The molecule has 9 heteroatoms. The van der Waals surface area contributed by atoms with Crippen molar-refractivity contribution in [3.63, 3.8) is 0 Å². The van der Waals surface area contributed by atoms with Gasteiger partial charge >= 0.3 is 5.88 Å². The van der Waals surface area contributed by atoms with Gasteiger partial charge in [-0.25, -0.2) is 0 Å². The maximum atomic E-state index is 12.7. The summed E-state index contributed by atoms with van der Waals surface area (Å²) in [5, 5.41) is 10.7. The van der Waals surface area contributed by atoms with E-state index in [1.807, 2.05) is 23.1 Å². The van der Waals surface area contributed by atoms with E-state index in [1.54, 1.807) is 0 Å². The molecule has 2 aliphatic heterocycles. The van der Waals surface area contributed by atoms with E-state index in [2.05, 4.69) is 17.0 Å². The molecule has 9 nitrogen and oxygen atoms in total. The lowest BCUT2D eigenvalue weighted by atomic mass is 9.97. The standard InChI is InChI=1S/C19H20N4O5/c24-18(21-10-8-20(9-11-21)15-4-2-1-3-5-15)14-12-22(13-14)19(25)16-6-7-17(28-16)23(26)27/h1-7,14H,8-13H2. The van der Waals surface area contributed by atoms with E-state index >= 15 is 0 Å². The molecule has 0 unspecified atom stereocenters. The van der Waals surface area contributed by atoms with Gasteiger partial charge in [-0.3, -0.25) is 19.7 Å². The van der Waals surface area contributed by atoms with E-state index in [4.69, 9.17) is 4.42 Å². The summed E-state index contributed by atoms with van der Waals surface area (Å²) in [5.41, 5.74) is 1.16. The summed E-state index contributed by atoms with van der Waals surface area (Å²) in [6.45, 7) is 3.49. The summed E-state index contributed by atoms with van der Waals surface area (Å²) in [6.07, 6.45) is 0. The Balaban J connectivity index is 1.27. The summed E-state index contributed by atoms with van der Waals surface area (Å²) in [5.74, 6) is -1.13. The van der Waals surface area contributed by atoms with Gasteiger partial charge in [0.1, 0.15) is 4.92 Å². The van der Waals surface area contributed by atoms with E-state index in [-0.39, 0.29) is 17.6 Å². The van der Waals surface area contributed by atoms with Crippen LogP contribution in [-0.4, -0.2) is 65.8 Å². The fourth-order valence-electron chi connectivity index (χ4n) is 3.58. The molecule has 146 valence electrons. The number of carbonyl (C=O) groups excluding carboxylic acids is 2. The zero-order chi connectivity index (χ0) is 19.7.